The van der Waals surface area contributed by atoms with Gasteiger partial charge in [0.25, 0.3) is 0 Å². The second-order valence-electron chi connectivity index (χ2n) is 5.45. The third-order valence-corrected chi connectivity index (χ3v) is 3.79. The Bertz CT molecular complexity index is 581. The van der Waals surface area contributed by atoms with Gasteiger partial charge < -0.3 is 9.73 Å². The molecule has 1 N–H and O–H groups in total. The molecule has 0 atom stereocenters. The molecule has 0 radical (unpaired) electrons. The normalized spacial score (nSPS) is 11.3. The van der Waals surface area contributed by atoms with Gasteiger partial charge in [-0.2, -0.15) is 0 Å². The maximum absolute atomic E-state index is 6.01. The lowest BCUT2D eigenvalue weighted by molar-refractivity contribution is 0.483. The Hall–Kier alpha value is -1.03. The molecule has 2 rings (SSSR count). The molecule has 0 amide bonds. The van der Waals surface area contributed by atoms with Crippen molar-refractivity contribution in [2.75, 3.05) is 13.1 Å². The molecule has 3 nitrogen and oxygen atoms in total. The van der Waals surface area contributed by atoms with Crippen molar-refractivity contribution in [1.29, 1.82) is 0 Å². The van der Waals surface area contributed by atoms with Crippen molar-refractivity contribution >= 4 is 23.2 Å². The highest BCUT2D eigenvalue weighted by Crippen LogP contribution is 2.28. The fourth-order valence-corrected chi connectivity index (χ4v) is 2.26. The van der Waals surface area contributed by atoms with Crippen molar-refractivity contribution in [3.8, 4) is 11.3 Å². The van der Waals surface area contributed by atoms with E-state index < -0.39 is 0 Å². The number of aryl methyl sites for hydroxylation is 1. The second kappa shape index (κ2) is 7.83. The molecule has 1 aromatic heterocycles. The molecule has 0 aliphatic rings. The quantitative estimate of drug-likeness (QED) is 0.741. The third kappa shape index (κ3) is 5.03. The predicted molar refractivity (Wildman–Crippen MR) is 88.0 cm³/mol. The molecule has 1 heterocycles. The van der Waals surface area contributed by atoms with E-state index in [0.717, 1.165) is 43.1 Å². The molecule has 0 unspecified atom stereocenters. The van der Waals surface area contributed by atoms with Crippen LogP contribution in [0.5, 0.6) is 0 Å². The molecule has 5 heteroatoms. The van der Waals surface area contributed by atoms with Crippen molar-refractivity contribution in [2.24, 2.45) is 5.92 Å². The third-order valence-electron chi connectivity index (χ3n) is 3.05. The topological polar surface area (TPSA) is 38.1 Å². The molecule has 0 fully saturated rings. The van der Waals surface area contributed by atoms with Gasteiger partial charge in [-0.1, -0.05) is 37.0 Å². The van der Waals surface area contributed by atoms with Crippen molar-refractivity contribution in [1.82, 2.24) is 10.3 Å². The zero-order valence-electron chi connectivity index (χ0n) is 12.3. The minimum absolute atomic E-state index is 0.519. The van der Waals surface area contributed by atoms with E-state index in [2.05, 4.69) is 24.1 Å². The van der Waals surface area contributed by atoms with Gasteiger partial charge in [0.15, 0.2) is 11.7 Å². The van der Waals surface area contributed by atoms with Gasteiger partial charge in [0.2, 0.25) is 0 Å². The van der Waals surface area contributed by atoms with E-state index in [1.807, 2.05) is 6.07 Å². The average molecular weight is 327 g/mol. The number of oxazole rings is 1. The summed E-state index contributed by atoms with van der Waals surface area (Å²) in [6.07, 6.45) is 3.57. The van der Waals surface area contributed by atoms with Crippen LogP contribution in [0.1, 0.15) is 26.2 Å². The average Bonchev–Trinajstić information content (AvgIpc) is 2.90. The van der Waals surface area contributed by atoms with Gasteiger partial charge in [-0.15, -0.1) is 0 Å². The zero-order valence-corrected chi connectivity index (χ0v) is 13.8. The molecule has 21 heavy (non-hydrogen) atoms. The molecule has 0 saturated heterocycles. The molecule has 0 aliphatic carbocycles. The SMILES string of the molecule is CC(C)CNCCCc1ncc(-c2ccc(Cl)c(Cl)c2)o1. The summed E-state index contributed by atoms with van der Waals surface area (Å²) >= 11 is 11.9. The number of hydrogen-bond acceptors (Lipinski definition) is 3. The number of nitrogens with one attached hydrogen (secondary N) is 1. The molecule has 0 bridgehead atoms. The van der Waals surface area contributed by atoms with Crippen molar-refractivity contribution < 1.29 is 4.42 Å². The van der Waals surface area contributed by atoms with Gasteiger partial charge in [0.1, 0.15) is 0 Å². The Morgan fingerprint density at radius 1 is 1.24 bits per heavy atom. The molecule has 2 aromatic rings. The summed E-state index contributed by atoms with van der Waals surface area (Å²) in [7, 11) is 0. The first-order chi connectivity index (χ1) is 10.1. The minimum Gasteiger partial charge on any atom is -0.441 e. The fourth-order valence-electron chi connectivity index (χ4n) is 1.96. The number of aromatic nitrogens is 1. The van der Waals surface area contributed by atoms with E-state index in [9.17, 15) is 0 Å². The Morgan fingerprint density at radius 2 is 2.05 bits per heavy atom. The first kappa shape index (κ1) is 16.3. The van der Waals surface area contributed by atoms with Crippen LogP contribution in [0.3, 0.4) is 0 Å². The van der Waals surface area contributed by atoms with Crippen LogP contribution in [0.4, 0.5) is 0 Å². The molecule has 1 aromatic carbocycles. The fraction of sp³-hybridized carbons (Fsp3) is 0.438. The first-order valence-corrected chi connectivity index (χ1v) is 7.92. The van der Waals surface area contributed by atoms with Gasteiger partial charge in [0.05, 0.1) is 16.2 Å². The monoisotopic (exact) mass is 326 g/mol. The van der Waals surface area contributed by atoms with Crippen LogP contribution >= 0.6 is 23.2 Å². The summed E-state index contributed by atoms with van der Waals surface area (Å²) in [5.41, 5.74) is 0.890. The highest BCUT2D eigenvalue weighted by molar-refractivity contribution is 6.42. The number of benzene rings is 1. The Labute approximate surface area is 135 Å². The molecular weight excluding hydrogens is 307 g/mol. The van der Waals surface area contributed by atoms with Gasteiger partial charge in [-0.05, 0) is 43.6 Å². The molecule has 114 valence electrons. The summed E-state index contributed by atoms with van der Waals surface area (Å²) in [6.45, 7) is 6.41. The summed E-state index contributed by atoms with van der Waals surface area (Å²) < 4.78 is 5.75. The van der Waals surface area contributed by atoms with Crippen LogP contribution in [0.15, 0.2) is 28.8 Å². The highest BCUT2D eigenvalue weighted by atomic mass is 35.5. The van der Waals surface area contributed by atoms with Crippen LogP contribution < -0.4 is 5.32 Å². The summed E-state index contributed by atoms with van der Waals surface area (Å²) in [5, 5.41) is 4.46. The van der Waals surface area contributed by atoms with Gasteiger partial charge in [-0.3, -0.25) is 0 Å². The largest absolute Gasteiger partial charge is 0.441 e. The molecule has 0 saturated carbocycles. The highest BCUT2D eigenvalue weighted by Gasteiger charge is 2.08. The van der Waals surface area contributed by atoms with Gasteiger partial charge in [0, 0.05) is 12.0 Å². The van der Waals surface area contributed by atoms with E-state index in [1.165, 1.54) is 0 Å². The molecule has 0 aliphatic heterocycles. The van der Waals surface area contributed by atoms with Crippen molar-refractivity contribution in [3.63, 3.8) is 0 Å². The maximum atomic E-state index is 6.01. The van der Waals surface area contributed by atoms with E-state index in [-0.39, 0.29) is 0 Å². The number of rotatable bonds is 7. The number of halogens is 2. The van der Waals surface area contributed by atoms with E-state index in [1.54, 1.807) is 18.3 Å². The first-order valence-electron chi connectivity index (χ1n) is 7.17. The molecular formula is C16H20Cl2N2O. The second-order valence-corrected chi connectivity index (χ2v) is 6.26. The van der Waals surface area contributed by atoms with Gasteiger partial charge >= 0.3 is 0 Å². The molecule has 0 spiro atoms. The Balaban J connectivity index is 1.87. The van der Waals surface area contributed by atoms with Crippen LogP contribution in [0.2, 0.25) is 10.0 Å². The Kier molecular flexibility index (Phi) is 6.09. The van der Waals surface area contributed by atoms with E-state index >= 15 is 0 Å². The summed E-state index contributed by atoms with van der Waals surface area (Å²) in [4.78, 5) is 4.31. The number of nitrogens with zero attached hydrogens (tertiary/aromatic N) is 1. The van der Waals surface area contributed by atoms with Gasteiger partial charge in [-0.25, -0.2) is 4.98 Å². The zero-order chi connectivity index (χ0) is 15.2. The van der Waals surface area contributed by atoms with E-state index in [4.69, 9.17) is 27.6 Å². The smallest absolute Gasteiger partial charge is 0.194 e. The van der Waals surface area contributed by atoms with Crippen LogP contribution in [0, 0.1) is 5.92 Å². The van der Waals surface area contributed by atoms with E-state index in [0.29, 0.717) is 16.0 Å². The summed E-state index contributed by atoms with van der Waals surface area (Å²) in [6, 6.07) is 5.43. The lowest BCUT2D eigenvalue weighted by Crippen LogP contribution is -2.21. The minimum atomic E-state index is 0.519. The number of hydrogen-bond donors (Lipinski definition) is 1. The van der Waals surface area contributed by atoms with Crippen molar-refractivity contribution in [3.05, 3.63) is 40.3 Å². The van der Waals surface area contributed by atoms with Crippen LogP contribution in [0.25, 0.3) is 11.3 Å². The Morgan fingerprint density at radius 3 is 2.76 bits per heavy atom. The van der Waals surface area contributed by atoms with Crippen LogP contribution in [-0.2, 0) is 6.42 Å². The lowest BCUT2D eigenvalue weighted by atomic mass is 10.2. The maximum Gasteiger partial charge on any atom is 0.194 e. The van der Waals surface area contributed by atoms with Crippen molar-refractivity contribution in [2.45, 2.75) is 26.7 Å². The van der Waals surface area contributed by atoms with Crippen LogP contribution in [-0.4, -0.2) is 18.1 Å². The summed E-state index contributed by atoms with van der Waals surface area (Å²) in [5.74, 6) is 2.15. The standard InChI is InChI=1S/C16H20Cl2N2O/c1-11(2)9-19-7-3-4-16-20-10-15(21-16)12-5-6-13(17)14(18)8-12/h5-6,8,10-11,19H,3-4,7,9H2,1-2H3. The lowest BCUT2D eigenvalue weighted by Gasteiger charge is -2.05. The predicted octanol–water partition coefficient (Wildman–Crippen LogP) is 4.83.